The van der Waals surface area contributed by atoms with Gasteiger partial charge in [0.25, 0.3) is 0 Å². The largest absolute Gasteiger partial charge is 0.299 e. The Balaban J connectivity index is 2.59. The summed E-state index contributed by atoms with van der Waals surface area (Å²) in [6, 6.07) is 0. The third-order valence-corrected chi connectivity index (χ3v) is 4.18. The van der Waals surface area contributed by atoms with Crippen molar-refractivity contribution in [3.8, 4) is 0 Å². The lowest BCUT2D eigenvalue weighted by Gasteiger charge is -2.19. The summed E-state index contributed by atoms with van der Waals surface area (Å²) in [6.45, 7) is 8.83. The molecule has 1 saturated carbocycles. The van der Waals surface area contributed by atoms with E-state index >= 15 is 0 Å². The molecule has 1 heteroatoms. The molecule has 1 rings (SSSR count). The third-order valence-electron chi connectivity index (χ3n) is 4.18. The van der Waals surface area contributed by atoms with Crippen molar-refractivity contribution >= 4 is 5.78 Å². The second-order valence-electron chi connectivity index (χ2n) is 4.96. The summed E-state index contributed by atoms with van der Waals surface area (Å²) in [7, 11) is 0. The minimum atomic E-state index is 0.374. The van der Waals surface area contributed by atoms with Crippen LogP contribution < -0.4 is 0 Å². The fourth-order valence-corrected chi connectivity index (χ4v) is 2.62. The van der Waals surface area contributed by atoms with Gasteiger partial charge in [0.2, 0.25) is 0 Å². The van der Waals surface area contributed by atoms with E-state index in [0.717, 1.165) is 25.7 Å². The van der Waals surface area contributed by atoms with E-state index in [9.17, 15) is 4.79 Å². The molecule has 0 saturated heterocycles. The van der Waals surface area contributed by atoms with Gasteiger partial charge in [0.1, 0.15) is 5.78 Å². The SMILES string of the molecule is CCC(C)C1CCC(C(C)CC)C1=O. The van der Waals surface area contributed by atoms with E-state index in [-0.39, 0.29) is 0 Å². The highest BCUT2D eigenvalue weighted by molar-refractivity contribution is 5.85. The van der Waals surface area contributed by atoms with Crippen LogP contribution in [0.1, 0.15) is 53.4 Å². The molecule has 1 aliphatic rings. The maximum absolute atomic E-state index is 12.1. The van der Waals surface area contributed by atoms with Crippen molar-refractivity contribution in [3.05, 3.63) is 0 Å². The van der Waals surface area contributed by atoms with Crippen molar-refractivity contribution in [1.29, 1.82) is 0 Å². The van der Waals surface area contributed by atoms with E-state index < -0.39 is 0 Å². The van der Waals surface area contributed by atoms with E-state index in [1.165, 1.54) is 0 Å². The van der Waals surface area contributed by atoms with Gasteiger partial charge in [-0.25, -0.2) is 0 Å². The molecule has 14 heavy (non-hydrogen) atoms. The van der Waals surface area contributed by atoms with Crippen LogP contribution >= 0.6 is 0 Å². The Morgan fingerprint density at radius 1 is 1.07 bits per heavy atom. The van der Waals surface area contributed by atoms with Gasteiger partial charge in [-0.1, -0.05) is 40.5 Å². The molecule has 4 unspecified atom stereocenters. The fraction of sp³-hybridized carbons (Fsp3) is 0.923. The maximum Gasteiger partial charge on any atom is 0.139 e. The molecule has 0 bridgehead atoms. The summed E-state index contributed by atoms with van der Waals surface area (Å²) < 4.78 is 0. The van der Waals surface area contributed by atoms with Crippen molar-refractivity contribution in [2.24, 2.45) is 23.7 Å². The zero-order valence-electron chi connectivity index (χ0n) is 10.0. The van der Waals surface area contributed by atoms with Gasteiger partial charge in [0.15, 0.2) is 0 Å². The smallest absolute Gasteiger partial charge is 0.139 e. The molecule has 0 heterocycles. The molecule has 1 nitrogen and oxygen atoms in total. The summed E-state index contributed by atoms with van der Waals surface area (Å²) in [5.41, 5.74) is 0. The first kappa shape index (κ1) is 11.7. The lowest BCUT2D eigenvalue weighted by molar-refractivity contribution is -0.126. The molecule has 4 atom stereocenters. The zero-order valence-corrected chi connectivity index (χ0v) is 10.0. The Morgan fingerprint density at radius 2 is 1.43 bits per heavy atom. The van der Waals surface area contributed by atoms with Crippen LogP contribution in [0.5, 0.6) is 0 Å². The van der Waals surface area contributed by atoms with Gasteiger partial charge in [-0.2, -0.15) is 0 Å². The van der Waals surface area contributed by atoms with Crippen LogP contribution in [0.25, 0.3) is 0 Å². The standard InChI is InChI=1S/C13H24O/c1-5-9(3)11-7-8-12(13(11)14)10(4)6-2/h9-12H,5-8H2,1-4H3. The molecular formula is C13H24O. The lowest BCUT2D eigenvalue weighted by atomic mass is 9.84. The molecular weight excluding hydrogens is 172 g/mol. The molecule has 1 fully saturated rings. The summed E-state index contributed by atoms with van der Waals surface area (Å²) in [4.78, 5) is 12.1. The predicted molar refractivity (Wildman–Crippen MR) is 60.1 cm³/mol. The highest BCUT2D eigenvalue weighted by Gasteiger charge is 2.38. The zero-order chi connectivity index (χ0) is 10.7. The highest BCUT2D eigenvalue weighted by atomic mass is 16.1. The van der Waals surface area contributed by atoms with Crippen LogP contribution in [0.15, 0.2) is 0 Å². The Kier molecular flexibility index (Phi) is 4.15. The Bertz CT molecular complexity index is 177. The molecule has 0 aromatic carbocycles. The number of hydrogen-bond donors (Lipinski definition) is 0. The van der Waals surface area contributed by atoms with E-state index in [1.54, 1.807) is 0 Å². The number of ketones is 1. The molecule has 82 valence electrons. The topological polar surface area (TPSA) is 17.1 Å². The first-order chi connectivity index (χ1) is 6.61. The number of carbonyl (C=O) groups excluding carboxylic acids is 1. The summed E-state index contributed by atoms with van der Waals surface area (Å²) in [5.74, 6) is 2.50. The molecule has 0 spiro atoms. The quantitative estimate of drug-likeness (QED) is 0.670. The minimum absolute atomic E-state index is 0.374. The molecule has 0 aliphatic heterocycles. The first-order valence-corrected chi connectivity index (χ1v) is 6.15. The second-order valence-corrected chi connectivity index (χ2v) is 4.96. The van der Waals surface area contributed by atoms with Gasteiger partial charge >= 0.3 is 0 Å². The van der Waals surface area contributed by atoms with Gasteiger partial charge in [0, 0.05) is 11.8 Å². The highest BCUT2D eigenvalue weighted by Crippen LogP contribution is 2.38. The number of hydrogen-bond acceptors (Lipinski definition) is 1. The minimum Gasteiger partial charge on any atom is -0.299 e. The Morgan fingerprint density at radius 3 is 1.71 bits per heavy atom. The van der Waals surface area contributed by atoms with Crippen LogP contribution in [0, 0.1) is 23.7 Å². The average Bonchev–Trinajstić information content (AvgIpc) is 2.58. The normalized spacial score (nSPS) is 31.9. The number of Topliss-reactive ketones (excluding diaryl/α,β-unsaturated/α-hetero) is 1. The van der Waals surface area contributed by atoms with Crippen LogP contribution in [-0.2, 0) is 4.79 Å². The first-order valence-electron chi connectivity index (χ1n) is 6.15. The van der Waals surface area contributed by atoms with Crippen molar-refractivity contribution in [2.45, 2.75) is 53.4 Å². The van der Waals surface area contributed by atoms with Crippen LogP contribution in [0.2, 0.25) is 0 Å². The molecule has 0 amide bonds. The molecule has 1 aliphatic carbocycles. The summed E-state index contributed by atoms with van der Waals surface area (Å²) in [6.07, 6.45) is 4.57. The van der Waals surface area contributed by atoms with Gasteiger partial charge in [-0.3, -0.25) is 4.79 Å². The third kappa shape index (κ3) is 2.18. The molecule has 0 aromatic heterocycles. The maximum atomic E-state index is 12.1. The summed E-state index contributed by atoms with van der Waals surface area (Å²) in [5, 5.41) is 0. The van der Waals surface area contributed by atoms with Crippen LogP contribution in [0.4, 0.5) is 0 Å². The van der Waals surface area contributed by atoms with Crippen molar-refractivity contribution in [2.75, 3.05) is 0 Å². The van der Waals surface area contributed by atoms with Gasteiger partial charge in [0.05, 0.1) is 0 Å². The van der Waals surface area contributed by atoms with E-state index in [0.29, 0.717) is 29.5 Å². The lowest BCUT2D eigenvalue weighted by Crippen LogP contribution is -2.23. The van der Waals surface area contributed by atoms with Gasteiger partial charge in [-0.15, -0.1) is 0 Å². The predicted octanol–water partition coefficient (Wildman–Crippen LogP) is 3.67. The summed E-state index contributed by atoms with van der Waals surface area (Å²) >= 11 is 0. The van der Waals surface area contributed by atoms with Crippen molar-refractivity contribution in [1.82, 2.24) is 0 Å². The van der Waals surface area contributed by atoms with Crippen molar-refractivity contribution in [3.63, 3.8) is 0 Å². The van der Waals surface area contributed by atoms with E-state index in [4.69, 9.17) is 0 Å². The Labute approximate surface area is 88.3 Å². The van der Waals surface area contributed by atoms with Gasteiger partial charge in [-0.05, 0) is 24.7 Å². The van der Waals surface area contributed by atoms with Gasteiger partial charge < -0.3 is 0 Å². The van der Waals surface area contributed by atoms with Crippen LogP contribution in [-0.4, -0.2) is 5.78 Å². The second kappa shape index (κ2) is 4.95. The van der Waals surface area contributed by atoms with Crippen LogP contribution in [0.3, 0.4) is 0 Å². The molecule has 0 N–H and O–H groups in total. The monoisotopic (exact) mass is 196 g/mol. The number of carbonyl (C=O) groups is 1. The van der Waals surface area contributed by atoms with Crippen molar-refractivity contribution < 1.29 is 4.79 Å². The Hall–Kier alpha value is -0.330. The number of rotatable bonds is 4. The average molecular weight is 196 g/mol. The van der Waals surface area contributed by atoms with E-state index in [1.807, 2.05) is 0 Å². The molecule has 0 radical (unpaired) electrons. The molecule has 0 aromatic rings. The fourth-order valence-electron chi connectivity index (χ4n) is 2.62. The van der Waals surface area contributed by atoms with E-state index in [2.05, 4.69) is 27.7 Å².